The van der Waals surface area contributed by atoms with Gasteiger partial charge in [0.2, 0.25) is 0 Å². The van der Waals surface area contributed by atoms with Crippen molar-refractivity contribution in [1.82, 2.24) is 4.98 Å². The second kappa shape index (κ2) is 4.83. The van der Waals surface area contributed by atoms with Crippen molar-refractivity contribution in [3.05, 3.63) is 23.9 Å². The number of rotatable bonds is 3. The van der Waals surface area contributed by atoms with Crippen molar-refractivity contribution in [3.8, 4) is 6.07 Å². The molecule has 1 aromatic rings. The molecule has 1 saturated carbocycles. The van der Waals surface area contributed by atoms with Crippen LogP contribution < -0.4 is 5.32 Å². The molecule has 2 atom stereocenters. The second-order valence-corrected chi connectivity index (χ2v) is 4.21. The van der Waals surface area contributed by atoms with Crippen LogP contribution in [-0.2, 0) is 4.79 Å². The monoisotopic (exact) mass is 231 g/mol. The van der Waals surface area contributed by atoms with Crippen LogP contribution in [0.4, 0.5) is 5.82 Å². The quantitative estimate of drug-likeness (QED) is 0.825. The third-order valence-electron chi connectivity index (χ3n) is 3.00. The van der Waals surface area contributed by atoms with Gasteiger partial charge in [0.25, 0.3) is 0 Å². The van der Waals surface area contributed by atoms with E-state index in [1.807, 2.05) is 6.07 Å². The molecule has 0 saturated heterocycles. The minimum atomic E-state index is -0.729. The molecule has 2 unspecified atom stereocenters. The number of nitriles is 1. The van der Waals surface area contributed by atoms with E-state index in [2.05, 4.69) is 10.3 Å². The van der Waals surface area contributed by atoms with Crippen LogP contribution in [0.1, 0.15) is 25.0 Å². The van der Waals surface area contributed by atoms with Crippen LogP contribution in [0.2, 0.25) is 0 Å². The average Bonchev–Trinajstić information content (AvgIpc) is 2.78. The molecule has 1 aliphatic rings. The van der Waals surface area contributed by atoms with Crippen molar-refractivity contribution in [2.75, 3.05) is 5.32 Å². The first kappa shape index (κ1) is 11.4. The standard InChI is InChI=1S/C12H13N3O2/c13-7-10-2-1-3-11(15-10)14-9-5-4-8(6-9)12(16)17/h1-3,8-9H,4-6H2,(H,14,15)(H,16,17). The van der Waals surface area contributed by atoms with E-state index in [1.165, 1.54) is 0 Å². The molecule has 88 valence electrons. The zero-order valence-electron chi connectivity index (χ0n) is 9.26. The zero-order chi connectivity index (χ0) is 12.3. The minimum absolute atomic E-state index is 0.137. The number of carboxylic acids is 1. The van der Waals surface area contributed by atoms with Gasteiger partial charge in [0, 0.05) is 6.04 Å². The summed E-state index contributed by atoms with van der Waals surface area (Å²) in [5.74, 6) is -0.347. The Morgan fingerprint density at radius 2 is 2.35 bits per heavy atom. The van der Waals surface area contributed by atoms with Crippen LogP contribution in [0.15, 0.2) is 18.2 Å². The number of nitrogens with one attached hydrogen (secondary N) is 1. The SMILES string of the molecule is N#Cc1cccc(NC2CCC(C(=O)O)C2)n1. The minimum Gasteiger partial charge on any atom is -0.481 e. The molecular formula is C12H13N3O2. The van der Waals surface area contributed by atoms with Crippen LogP contribution in [0.25, 0.3) is 0 Å². The largest absolute Gasteiger partial charge is 0.481 e. The summed E-state index contributed by atoms with van der Waals surface area (Å²) in [6.07, 6.45) is 2.15. The highest BCUT2D eigenvalue weighted by Crippen LogP contribution is 2.27. The van der Waals surface area contributed by atoms with Gasteiger partial charge in [-0.25, -0.2) is 4.98 Å². The third-order valence-corrected chi connectivity index (χ3v) is 3.00. The Bertz CT molecular complexity index is 467. The maximum Gasteiger partial charge on any atom is 0.306 e. The van der Waals surface area contributed by atoms with E-state index in [1.54, 1.807) is 18.2 Å². The van der Waals surface area contributed by atoms with Crippen LogP contribution in [0.3, 0.4) is 0 Å². The number of aromatic nitrogens is 1. The first-order valence-electron chi connectivity index (χ1n) is 5.55. The number of carbonyl (C=O) groups is 1. The van der Waals surface area contributed by atoms with E-state index >= 15 is 0 Å². The lowest BCUT2D eigenvalue weighted by Crippen LogP contribution is -2.18. The number of anilines is 1. The van der Waals surface area contributed by atoms with Crippen LogP contribution in [0, 0.1) is 17.2 Å². The molecule has 1 aliphatic carbocycles. The summed E-state index contributed by atoms with van der Waals surface area (Å²) in [5.41, 5.74) is 0.364. The summed E-state index contributed by atoms with van der Waals surface area (Å²) in [6, 6.07) is 7.30. The Kier molecular flexibility index (Phi) is 3.24. The van der Waals surface area contributed by atoms with Gasteiger partial charge in [-0.3, -0.25) is 4.79 Å². The molecule has 5 nitrogen and oxygen atoms in total. The maximum absolute atomic E-state index is 10.8. The van der Waals surface area contributed by atoms with Gasteiger partial charge < -0.3 is 10.4 Å². The van der Waals surface area contributed by atoms with E-state index in [0.29, 0.717) is 24.4 Å². The van der Waals surface area contributed by atoms with E-state index in [9.17, 15) is 4.79 Å². The fourth-order valence-electron chi connectivity index (χ4n) is 2.12. The van der Waals surface area contributed by atoms with Gasteiger partial charge in [-0.2, -0.15) is 5.26 Å². The Hall–Kier alpha value is -2.09. The summed E-state index contributed by atoms with van der Waals surface area (Å²) in [6.45, 7) is 0. The van der Waals surface area contributed by atoms with E-state index < -0.39 is 5.97 Å². The topological polar surface area (TPSA) is 86.0 Å². The van der Waals surface area contributed by atoms with Crippen LogP contribution in [-0.4, -0.2) is 22.1 Å². The molecule has 5 heteroatoms. The van der Waals surface area contributed by atoms with Crippen molar-refractivity contribution in [3.63, 3.8) is 0 Å². The summed E-state index contributed by atoms with van der Waals surface area (Å²) >= 11 is 0. The van der Waals surface area contributed by atoms with Crippen molar-refractivity contribution in [2.45, 2.75) is 25.3 Å². The smallest absolute Gasteiger partial charge is 0.306 e. The Morgan fingerprint density at radius 1 is 1.53 bits per heavy atom. The van der Waals surface area contributed by atoms with Gasteiger partial charge in [0.1, 0.15) is 17.6 Å². The number of nitrogens with zero attached hydrogens (tertiary/aromatic N) is 2. The van der Waals surface area contributed by atoms with Gasteiger partial charge in [0.15, 0.2) is 0 Å². The lowest BCUT2D eigenvalue weighted by Gasteiger charge is -2.12. The molecule has 1 fully saturated rings. The molecule has 0 spiro atoms. The molecule has 0 aliphatic heterocycles. The third kappa shape index (κ3) is 2.72. The predicted molar refractivity (Wildman–Crippen MR) is 61.3 cm³/mol. The molecule has 17 heavy (non-hydrogen) atoms. The number of pyridine rings is 1. The molecule has 2 rings (SSSR count). The Morgan fingerprint density at radius 3 is 3.00 bits per heavy atom. The Balaban J connectivity index is 1.98. The van der Waals surface area contributed by atoms with Crippen molar-refractivity contribution in [2.24, 2.45) is 5.92 Å². The lowest BCUT2D eigenvalue weighted by atomic mass is 10.1. The van der Waals surface area contributed by atoms with E-state index in [4.69, 9.17) is 10.4 Å². The number of aliphatic carboxylic acids is 1. The van der Waals surface area contributed by atoms with Crippen molar-refractivity contribution in [1.29, 1.82) is 5.26 Å². The summed E-state index contributed by atoms with van der Waals surface area (Å²) in [7, 11) is 0. The molecule has 0 aromatic carbocycles. The molecule has 0 bridgehead atoms. The number of carboxylic acid groups (broad SMARTS) is 1. The fourth-order valence-corrected chi connectivity index (χ4v) is 2.12. The molecule has 1 aromatic heterocycles. The molecular weight excluding hydrogens is 218 g/mol. The summed E-state index contributed by atoms with van der Waals surface area (Å²) < 4.78 is 0. The van der Waals surface area contributed by atoms with Gasteiger partial charge in [-0.1, -0.05) is 6.07 Å². The Labute approximate surface area is 99.1 Å². The van der Waals surface area contributed by atoms with Gasteiger partial charge in [0.05, 0.1) is 5.92 Å². The van der Waals surface area contributed by atoms with Gasteiger partial charge in [-0.05, 0) is 31.4 Å². The van der Waals surface area contributed by atoms with Gasteiger partial charge in [-0.15, -0.1) is 0 Å². The average molecular weight is 231 g/mol. The molecule has 1 heterocycles. The van der Waals surface area contributed by atoms with E-state index in [0.717, 1.165) is 6.42 Å². The lowest BCUT2D eigenvalue weighted by molar-refractivity contribution is -0.141. The molecule has 2 N–H and O–H groups in total. The van der Waals surface area contributed by atoms with Crippen LogP contribution >= 0.6 is 0 Å². The fraction of sp³-hybridized carbons (Fsp3) is 0.417. The zero-order valence-corrected chi connectivity index (χ0v) is 9.26. The molecule has 0 radical (unpaired) electrons. The first-order valence-corrected chi connectivity index (χ1v) is 5.55. The maximum atomic E-state index is 10.8. The predicted octanol–water partition coefficient (Wildman–Crippen LogP) is 1.62. The van der Waals surface area contributed by atoms with E-state index in [-0.39, 0.29) is 12.0 Å². The van der Waals surface area contributed by atoms with Crippen LogP contribution in [0.5, 0.6) is 0 Å². The highest BCUT2D eigenvalue weighted by molar-refractivity contribution is 5.70. The van der Waals surface area contributed by atoms with Crippen molar-refractivity contribution < 1.29 is 9.90 Å². The second-order valence-electron chi connectivity index (χ2n) is 4.21. The normalized spacial score (nSPS) is 23.0. The first-order chi connectivity index (χ1) is 8.19. The molecule has 0 amide bonds. The number of hydrogen-bond acceptors (Lipinski definition) is 4. The van der Waals surface area contributed by atoms with Gasteiger partial charge >= 0.3 is 5.97 Å². The highest BCUT2D eigenvalue weighted by Gasteiger charge is 2.29. The summed E-state index contributed by atoms with van der Waals surface area (Å²) in [5, 5.41) is 20.8. The highest BCUT2D eigenvalue weighted by atomic mass is 16.4. The van der Waals surface area contributed by atoms with Crippen molar-refractivity contribution >= 4 is 11.8 Å². The number of hydrogen-bond donors (Lipinski definition) is 2. The summed E-state index contributed by atoms with van der Waals surface area (Å²) in [4.78, 5) is 14.9.